The molecule has 19 heavy (non-hydrogen) atoms. The molecule has 0 unspecified atom stereocenters. The zero-order valence-corrected chi connectivity index (χ0v) is 10.5. The van der Waals surface area contributed by atoms with E-state index in [9.17, 15) is 9.18 Å². The van der Waals surface area contributed by atoms with Crippen molar-refractivity contribution in [2.45, 2.75) is 6.92 Å². The van der Waals surface area contributed by atoms with Crippen LogP contribution in [-0.2, 0) is 0 Å². The SMILES string of the molecule is CCN(C(=O)c1cnccc1N)c1ccccc1F. The maximum absolute atomic E-state index is 13.8. The van der Waals surface area contributed by atoms with E-state index in [2.05, 4.69) is 4.98 Å². The molecule has 0 aliphatic rings. The molecule has 2 rings (SSSR count). The number of nitrogen functional groups attached to an aromatic ring is 1. The van der Waals surface area contributed by atoms with E-state index in [0.717, 1.165) is 0 Å². The predicted molar refractivity (Wildman–Crippen MR) is 72.4 cm³/mol. The molecule has 1 aromatic carbocycles. The van der Waals surface area contributed by atoms with Gasteiger partial charge < -0.3 is 10.6 Å². The standard InChI is InChI=1S/C14H14FN3O/c1-2-18(13-6-4-3-5-11(13)15)14(19)10-9-17-8-7-12(10)16/h3-9H,2H2,1H3,(H2,16,17). The highest BCUT2D eigenvalue weighted by molar-refractivity contribution is 6.09. The molecule has 2 aromatic rings. The van der Waals surface area contributed by atoms with Crippen molar-refractivity contribution in [3.63, 3.8) is 0 Å². The Morgan fingerprint density at radius 1 is 1.37 bits per heavy atom. The molecule has 98 valence electrons. The lowest BCUT2D eigenvalue weighted by Gasteiger charge is -2.22. The Morgan fingerprint density at radius 2 is 2.11 bits per heavy atom. The zero-order chi connectivity index (χ0) is 13.8. The molecule has 1 heterocycles. The lowest BCUT2D eigenvalue weighted by molar-refractivity contribution is 0.0988. The fraction of sp³-hybridized carbons (Fsp3) is 0.143. The van der Waals surface area contributed by atoms with Gasteiger partial charge in [0.2, 0.25) is 0 Å². The van der Waals surface area contributed by atoms with Crippen molar-refractivity contribution in [1.29, 1.82) is 0 Å². The van der Waals surface area contributed by atoms with Crippen LogP contribution in [0.25, 0.3) is 0 Å². The molecule has 1 aromatic heterocycles. The van der Waals surface area contributed by atoms with Gasteiger partial charge in [-0.2, -0.15) is 0 Å². The van der Waals surface area contributed by atoms with Gasteiger partial charge in [0.15, 0.2) is 0 Å². The molecule has 0 radical (unpaired) electrons. The van der Waals surface area contributed by atoms with E-state index in [1.165, 1.54) is 23.4 Å². The second-order valence-electron chi connectivity index (χ2n) is 3.96. The summed E-state index contributed by atoms with van der Waals surface area (Å²) in [5.74, 6) is -0.807. The molecule has 0 aliphatic carbocycles. The van der Waals surface area contributed by atoms with E-state index in [1.54, 1.807) is 31.2 Å². The fourth-order valence-corrected chi connectivity index (χ4v) is 1.82. The number of carbonyl (C=O) groups is 1. The number of pyridine rings is 1. The first-order valence-corrected chi connectivity index (χ1v) is 5.91. The minimum atomic E-state index is -0.444. The number of aromatic nitrogens is 1. The average Bonchev–Trinajstić information content (AvgIpc) is 2.42. The Hall–Kier alpha value is -2.43. The Labute approximate surface area is 110 Å². The molecule has 0 bridgehead atoms. The molecular formula is C14H14FN3O. The Morgan fingerprint density at radius 3 is 2.74 bits per heavy atom. The molecule has 5 heteroatoms. The van der Waals surface area contributed by atoms with E-state index in [-0.39, 0.29) is 17.2 Å². The lowest BCUT2D eigenvalue weighted by atomic mass is 10.2. The minimum absolute atomic E-state index is 0.234. The number of hydrogen-bond donors (Lipinski definition) is 1. The summed E-state index contributed by atoms with van der Waals surface area (Å²) < 4.78 is 13.8. The number of benzene rings is 1. The highest BCUT2D eigenvalue weighted by Gasteiger charge is 2.20. The van der Waals surface area contributed by atoms with Crippen molar-refractivity contribution >= 4 is 17.3 Å². The van der Waals surface area contributed by atoms with Crippen LogP contribution in [0.4, 0.5) is 15.8 Å². The van der Waals surface area contributed by atoms with Gasteiger partial charge in [0.1, 0.15) is 5.82 Å². The number of rotatable bonds is 3. The van der Waals surface area contributed by atoms with Gasteiger partial charge in [-0.05, 0) is 25.1 Å². The molecule has 4 nitrogen and oxygen atoms in total. The van der Waals surface area contributed by atoms with Crippen molar-refractivity contribution in [2.24, 2.45) is 0 Å². The van der Waals surface area contributed by atoms with E-state index >= 15 is 0 Å². The third-order valence-electron chi connectivity index (χ3n) is 2.79. The van der Waals surface area contributed by atoms with Gasteiger partial charge in [-0.1, -0.05) is 12.1 Å². The fourth-order valence-electron chi connectivity index (χ4n) is 1.82. The normalized spacial score (nSPS) is 10.2. The van der Waals surface area contributed by atoms with Crippen LogP contribution in [0.2, 0.25) is 0 Å². The summed E-state index contributed by atoms with van der Waals surface area (Å²) in [5, 5.41) is 0. The van der Waals surface area contributed by atoms with E-state index in [4.69, 9.17) is 5.73 Å². The third kappa shape index (κ3) is 2.54. The van der Waals surface area contributed by atoms with Crippen molar-refractivity contribution in [1.82, 2.24) is 4.98 Å². The molecule has 2 N–H and O–H groups in total. The van der Waals surface area contributed by atoms with E-state index in [0.29, 0.717) is 12.2 Å². The maximum Gasteiger partial charge on any atom is 0.262 e. The Kier molecular flexibility index (Phi) is 3.75. The molecule has 0 aliphatic heterocycles. The Bertz CT molecular complexity index is 601. The molecular weight excluding hydrogens is 245 g/mol. The van der Waals surface area contributed by atoms with Crippen molar-refractivity contribution in [3.05, 3.63) is 54.1 Å². The molecule has 0 saturated heterocycles. The van der Waals surface area contributed by atoms with Gasteiger partial charge in [0.25, 0.3) is 5.91 Å². The number of para-hydroxylation sites is 1. The zero-order valence-electron chi connectivity index (χ0n) is 10.5. The molecule has 0 spiro atoms. The third-order valence-corrected chi connectivity index (χ3v) is 2.79. The Balaban J connectivity index is 2.41. The van der Waals surface area contributed by atoms with Crippen LogP contribution in [0.1, 0.15) is 17.3 Å². The van der Waals surface area contributed by atoms with Crippen LogP contribution in [-0.4, -0.2) is 17.4 Å². The summed E-state index contributed by atoms with van der Waals surface area (Å²) >= 11 is 0. The van der Waals surface area contributed by atoms with E-state index < -0.39 is 5.82 Å². The summed E-state index contributed by atoms with van der Waals surface area (Å²) in [4.78, 5) is 17.6. The number of amides is 1. The maximum atomic E-state index is 13.8. The lowest BCUT2D eigenvalue weighted by Crippen LogP contribution is -2.32. The van der Waals surface area contributed by atoms with Crippen LogP contribution < -0.4 is 10.6 Å². The van der Waals surface area contributed by atoms with Gasteiger partial charge in [-0.3, -0.25) is 9.78 Å². The number of nitrogens with zero attached hydrogens (tertiary/aromatic N) is 2. The number of nitrogens with two attached hydrogens (primary N) is 1. The summed E-state index contributed by atoms with van der Waals surface area (Å²) in [6, 6.07) is 7.68. The summed E-state index contributed by atoms with van der Waals surface area (Å²) in [5.41, 5.74) is 6.58. The molecule has 1 amide bonds. The summed E-state index contributed by atoms with van der Waals surface area (Å²) in [6.45, 7) is 2.12. The quantitative estimate of drug-likeness (QED) is 0.921. The second kappa shape index (κ2) is 5.48. The van der Waals surface area contributed by atoms with Crippen LogP contribution >= 0.6 is 0 Å². The van der Waals surface area contributed by atoms with Crippen LogP contribution in [0.3, 0.4) is 0 Å². The van der Waals surface area contributed by atoms with E-state index in [1.807, 2.05) is 0 Å². The first kappa shape index (κ1) is 13.0. The second-order valence-corrected chi connectivity index (χ2v) is 3.96. The van der Waals surface area contributed by atoms with Crippen molar-refractivity contribution in [2.75, 3.05) is 17.2 Å². The smallest absolute Gasteiger partial charge is 0.262 e. The van der Waals surface area contributed by atoms with Crippen molar-refractivity contribution in [3.8, 4) is 0 Å². The van der Waals surface area contributed by atoms with Gasteiger partial charge in [-0.15, -0.1) is 0 Å². The molecule has 0 fully saturated rings. The van der Waals surface area contributed by atoms with Crippen molar-refractivity contribution < 1.29 is 9.18 Å². The molecule has 0 atom stereocenters. The predicted octanol–water partition coefficient (Wildman–Crippen LogP) is 2.47. The van der Waals surface area contributed by atoms with Crippen LogP contribution in [0.5, 0.6) is 0 Å². The van der Waals surface area contributed by atoms with Gasteiger partial charge in [-0.25, -0.2) is 4.39 Å². The van der Waals surface area contributed by atoms with Gasteiger partial charge in [0.05, 0.1) is 11.3 Å². The van der Waals surface area contributed by atoms with Gasteiger partial charge >= 0.3 is 0 Å². The summed E-state index contributed by atoms with van der Waals surface area (Å²) in [6.07, 6.45) is 2.90. The summed E-state index contributed by atoms with van der Waals surface area (Å²) in [7, 11) is 0. The number of halogens is 1. The number of carbonyl (C=O) groups excluding carboxylic acids is 1. The van der Waals surface area contributed by atoms with Gasteiger partial charge in [0, 0.05) is 24.6 Å². The highest BCUT2D eigenvalue weighted by Crippen LogP contribution is 2.22. The first-order chi connectivity index (χ1) is 9.15. The molecule has 0 saturated carbocycles. The van der Waals surface area contributed by atoms with Crippen LogP contribution in [0.15, 0.2) is 42.7 Å². The largest absolute Gasteiger partial charge is 0.398 e. The minimum Gasteiger partial charge on any atom is -0.398 e. The average molecular weight is 259 g/mol. The highest BCUT2D eigenvalue weighted by atomic mass is 19.1. The number of anilines is 2. The first-order valence-electron chi connectivity index (χ1n) is 5.91. The number of hydrogen-bond acceptors (Lipinski definition) is 3. The monoisotopic (exact) mass is 259 g/mol. The van der Waals surface area contributed by atoms with Crippen LogP contribution in [0, 0.1) is 5.82 Å². The topological polar surface area (TPSA) is 59.2 Å².